The van der Waals surface area contributed by atoms with E-state index in [9.17, 15) is 0 Å². The second-order valence-corrected chi connectivity index (χ2v) is 6.00. The summed E-state index contributed by atoms with van der Waals surface area (Å²) in [7, 11) is 0. The molecule has 27 heavy (non-hydrogen) atoms. The molecule has 7 nitrogen and oxygen atoms in total. The zero-order valence-corrected chi connectivity index (χ0v) is 14.7. The van der Waals surface area contributed by atoms with Crippen LogP contribution in [0.15, 0.2) is 73.7 Å². The van der Waals surface area contributed by atoms with E-state index in [0.717, 1.165) is 42.3 Å². The third-order valence-electron chi connectivity index (χ3n) is 4.03. The number of imidazole rings is 1. The van der Waals surface area contributed by atoms with E-state index in [1.54, 1.807) is 24.8 Å². The van der Waals surface area contributed by atoms with Gasteiger partial charge in [-0.05, 0) is 30.7 Å². The number of aryl methyl sites for hydroxylation is 1. The fraction of sp³-hybridized carbons (Fsp3) is 0.150. The molecule has 0 fully saturated rings. The molecular formula is C20H19N7. The van der Waals surface area contributed by atoms with Gasteiger partial charge in [0.2, 0.25) is 0 Å². The second-order valence-electron chi connectivity index (χ2n) is 6.00. The first-order valence-electron chi connectivity index (χ1n) is 8.79. The molecule has 0 amide bonds. The number of nitrogens with zero attached hydrogens (tertiary/aromatic N) is 6. The number of nitrogens with one attached hydrogen (secondary N) is 1. The Kier molecular flexibility index (Phi) is 5.10. The van der Waals surface area contributed by atoms with Crippen LogP contribution in [0.2, 0.25) is 0 Å². The van der Waals surface area contributed by atoms with E-state index < -0.39 is 0 Å². The highest BCUT2D eigenvalue weighted by Gasteiger charge is 2.09. The lowest BCUT2D eigenvalue weighted by atomic mass is 10.2. The van der Waals surface area contributed by atoms with E-state index in [1.165, 1.54) is 0 Å². The van der Waals surface area contributed by atoms with Crippen LogP contribution in [0.5, 0.6) is 0 Å². The van der Waals surface area contributed by atoms with Gasteiger partial charge in [0.05, 0.1) is 17.7 Å². The van der Waals surface area contributed by atoms with Gasteiger partial charge in [-0.15, -0.1) is 0 Å². The molecule has 4 aromatic rings. The predicted octanol–water partition coefficient (Wildman–Crippen LogP) is 3.30. The Bertz CT molecular complexity index is 912. The highest BCUT2D eigenvalue weighted by molar-refractivity contribution is 5.64. The Morgan fingerprint density at radius 1 is 0.926 bits per heavy atom. The Morgan fingerprint density at radius 3 is 2.70 bits per heavy atom. The number of anilines is 1. The van der Waals surface area contributed by atoms with Crippen molar-refractivity contribution in [3.8, 4) is 22.8 Å². The molecule has 0 bridgehead atoms. The number of hydrogen-bond donors (Lipinski definition) is 1. The predicted molar refractivity (Wildman–Crippen MR) is 104 cm³/mol. The molecule has 4 rings (SSSR count). The van der Waals surface area contributed by atoms with Crippen LogP contribution >= 0.6 is 0 Å². The summed E-state index contributed by atoms with van der Waals surface area (Å²) >= 11 is 0. The largest absolute Gasteiger partial charge is 0.370 e. The summed E-state index contributed by atoms with van der Waals surface area (Å²) in [5.74, 6) is 1.40. The second kappa shape index (κ2) is 8.18. The van der Waals surface area contributed by atoms with Gasteiger partial charge in [-0.2, -0.15) is 0 Å². The SMILES string of the molecule is c1ccc(-c2cc(NCCCn3ccnc3)nc(-c3cccnc3)n2)nc1. The van der Waals surface area contributed by atoms with Crippen LogP contribution in [0.25, 0.3) is 22.8 Å². The third-order valence-corrected chi connectivity index (χ3v) is 4.03. The quantitative estimate of drug-likeness (QED) is 0.511. The molecule has 0 aromatic carbocycles. The van der Waals surface area contributed by atoms with Crippen molar-refractivity contribution >= 4 is 5.82 Å². The topological polar surface area (TPSA) is 81.4 Å². The number of hydrogen-bond acceptors (Lipinski definition) is 6. The third kappa shape index (κ3) is 4.33. The molecule has 0 radical (unpaired) electrons. The standard InChI is InChI=1S/C20H19N7/c1-2-8-23-17(6-1)18-13-19(24-9-4-11-27-12-10-22-15-27)26-20(25-18)16-5-3-7-21-14-16/h1-3,5-8,10,12-15H,4,9,11H2,(H,24,25,26). The minimum Gasteiger partial charge on any atom is -0.370 e. The fourth-order valence-electron chi connectivity index (χ4n) is 2.70. The van der Waals surface area contributed by atoms with E-state index in [4.69, 9.17) is 0 Å². The molecule has 0 aliphatic rings. The highest BCUT2D eigenvalue weighted by atomic mass is 15.0. The minimum atomic E-state index is 0.628. The molecule has 134 valence electrons. The first-order valence-corrected chi connectivity index (χ1v) is 8.79. The van der Waals surface area contributed by atoms with E-state index in [0.29, 0.717) is 5.82 Å². The summed E-state index contributed by atoms with van der Waals surface area (Å²) in [6, 6.07) is 11.5. The van der Waals surface area contributed by atoms with Crippen LogP contribution in [0.1, 0.15) is 6.42 Å². The van der Waals surface area contributed by atoms with Gasteiger partial charge in [-0.3, -0.25) is 9.97 Å². The fourth-order valence-corrected chi connectivity index (χ4v) is 2.70. The molecule has 0 aliphatic carbocycles. The lowest BCUT2D eigenvalue weighted by Crippen LogP contribution is -2.08. The Hall–Kier alpha value is -3.61. The van der Waals surface area contributed by atoms with Crippen molar-refractivity contribution in [2.75, 3.05) is 11.9 Å². The molecule has 0 saturated carbocycles. The van der Waals surface area contributed by atoms with Crippen LogP contribution in [-0.4, -0.2) is 36.0 Å². The molecular weight excluding hydrogens is 338 g/mol. The summed E-state index contributed by atoms with van der Waals surface area (Å²) in [6.45, 7) is 1.70. The van der Waals surface area contributed by atoms with Gasteiger partial charge < -0.3 is 9.88 Å². The normalized spacial score (nSPS) is 10.7. The summed E-state index contributed by atoms with van der Waals surface area (Å²) in [4.78, 5) is 22.0. The first kappa shape index (κ1) is 16.8. The van der Waals surface area contributed by atoms with Gasteiger partial charge in [0, 0.05) is 55.7 Å². The van der Waals surface area contributed by atoms with Crippen LogP contribution in [0.4, 0.5) is 5.82 Å². The Balaban J connectivity index is 1.56. The Morgan fingerprint density at radius 2 is 1.93 bits per heavy atom. The molecule has 7 heteroatoms. The zero-order chi connectivity index (χ0) is 18.3. The van der Waals surface area contributed by atoms with Gasteiger partial charge in [0.1, 0.15) is 5.82 Å². The maximum Gasteiger partial charge on any atom is 0.163 e. The van der Waals surface area contributed by atoms with Gasteiger partial charge in [-0.1, -0.05) is 6.07 Å². The van der Waals surface area contributed by atoms with E-state index >= 15 is 0 Å². The van der Waals surface area contributed by atoms with Gasteiger partial charge in [-0.25, -0.2) is 15.0 Å². The van der Waals surface area contributed by atoms with Gasteiger partial charge >= 0.3 is 0 Å². The summed E-state index contributed by atoms with van der Waals surface area (Å²) in [6.07, 6.45) is 11.8. The summed E-state index contributed by atoms with van der Waals surface area (Å²) < 4.78 is 2.06. The molecule has 1 N–H and O–H groups in total. The minimum absolute atomic E-state index is 0.628. The smallest absolute Gasteiger partial charge is 0.163 e. The van der Waals surface area contributed by atoms with Crippen molar-refractivity contribution in [2.24, 2.45) is 0 Å². The maximum absolute atomic E-state index is 4.68. The van der Waals surface area contributed by atoms with E-state index in [1.807, 2.05) is 48.9 Å². The van der Waals surface area contributed by atoms with Crippen LogP contribution in [-0.2, 0) is 6.54 Å². The lowest BCUT2D eigenvalue weighted by Gasteiger charge is -2.10. The summed E-state index contributed by atoms with van der Waals surface area (Å²) in [5, 5.41) is 3.39. The molecule has 4 heterocycles. The monoisotopic (exact) mass is 357 g/mol. The zero-order valence-electron chi connectivity index (χ0n) is 14.7. The molecule has 0 saturated heterocycles. The molecule has 4 aromatic heterocycles. The number of pyridine rings is 2. The van der Waals surface area contributed by atoms with Crippen molar-refractivity contribution in [1.82, 2.24) is 29.5 Å². The first-order chi connectivity index (χ1) is 13.4. The number of aromatic nitrogens is 6. The van der Waals surface area contributed by atoms with Crippen LogP contribution in [0, 0.1) is 0 Å². The molecule has 0 unspecified atom stereocenters. The summed E-state index contributed by atoms with van der Waals surface area (Å²) in [5.41, 5.74) is 2.46. The average molecular weight is 357 g/mol. The molecule has 0 aliphatic heterocycles. The molecule has 0 atom stereocenters. The molecule has 0 spiro atoms. The van der Waals surface area contributed by atoms with Crippen molar-refractivity contribution in [3.63, 3.8) is 0 Å². The van der Waals surface area contributed by atoms with Crippen LogP contribution < -0.4 is 5.32 Å². The maximum atomic E-state index is 4.68. The van der Waals surface area contributed by atoms with E-state index in [-0.39, 0.29) is 0 Å². The van der Waals surface area contributed by atoms with Crippen molar-refractivity contribution in [2.45, 2.75) is 13.0 Å². The number of rotatable bonds is 7. The highest BCUT2D eigenvalue weighted by Crippen LogP contribution is 2.22. The van der Waals surface area contributed by atoms with Crippen LogP contribution in [0.3, 0.4) is 0 Å². The average Bonchev–Trinajstić information content (AvgIpc) is 3.26. The van der Waals surface area contributed by atoms with Crippen molar-refractivity contribution in [1.29, 1.82) is 0 Å². The van der Waals surface area contributed by atoms with Gasteiger partial charge in [0.15, 0.2) is 5.82 Å². The van der Waals surface area contributed by atoms with Crippen molar-refractivity contribution < 1.29 is 0 Å². The van der Waals surface area contributed by atoms with Crippen molar-refractivity contribution in [3.05, 3.63) is 73.7 Å². The Labute approximate surface area is 157 Å². The lowest BCUT2D eigenvalue weighted by molar-refractivity contribution is 0.660. The van der Waals surface area contributed by atoms with Gasteiger partial charge in [0.25, 0.3) is 0 Å². The van der Waals surface area contributed by atoms with E-state index in [2.05, 4.69) is 34.8 Å².